The van der Waals surface area contributed by atoms with Crippen LogP contribution in [0.5, 0.6) is 11.5 Å². The van der Waals surface area contributed by atoms with E-state index in [9.17, 15) is 28.5 Å². The number of rotatable bonds is 18. The lowest BCUT2D eigenvalue weighted by molar-refractivity contribution is -0.137. The van der Waals surface area contributed by atoms with Crippen molar-refractivity contribution >= 4 is 54.4 Å². The predicted octanol–water partition coefficient (Wildman–Crippen LogP) is 4.77. The van der Waals surface area contributed by atoms with Gasteiger partial charge in [-0.15, -0.1) is 0 Å². The summed E-state index contributed by atoms with van der Waals surface area (Å²) >= 11 is 0. The van der Waals surface area contributed by atoms with Gasteiger partial charge in [-0.3, -0.25) is 37.7 Å². The second-order valence-electron chi connectivity index (χ2n) is 11.6. The Labute approximate surface area is 325 Å². The number of aliphatic carboxylic acids is 1. The van der Waals surface area contributed by atoms with Gasteiger partial charge in [0.25, 0.3) is 5.56 Å². The molecule has 0 atom stereocenters. The van der Waals surface area contributed by atoms with Crippen LogP contribution in [0.1, 0.15) is 65.1 Å². The lowest BCUT2D eigenvalue weighted by atomic mass is 10.2. The van der Waals surface area contributed by atoms with Gasteiger partial charge in [0.2, 0.25) is 11.9 Å². The summed E-state index contributed by atoms with van der Waals surface area (Å²) in [6.07, 6.45) is 1.38. The highest BCUT2D eigenvalue weighted by atomic mass is 31.2. The van der Waals surface area contributed by atoms with E-state index in [4.69, 9.17) is 39.6 Å². The summed E-state index contributed by atoms with van der Waals surface area (Å²) in [5.74, 6) is -2.64. The first-order valence-electron chi connectivity index (χ1n) is 17.3. The molecule has 1 amide bonds. The number of nitrogens with two attached hydrogens (primary N) is 2. The molecule has 5 aromatic rings. The molecule has 0 unspecified atom stereocenters. The summed E-state index contributed by atoms with van der Waals surface area (Å²) in [6, 6.07) is 19.1. The van der Waals surface area contributed by atoms with Gasteiger partial charge in [0.15, 0.2) is 11.2 Å². The molecule has 0 spiro atoms. The lowest BCUT2D eigenvalue weighted by Crippen LogP contribution is -2.15. The third kappa shape index (κ3) is 13.6. The van der Waals surface area contributed by atoms with Crippen LogP contribution in [0.25, 0.3) is 11.2 Å². The number of esters is 2. The largest absolute Gasteiger partial charge is 0.481 e. The fraction of sp³-hybridized carbons (Fsp3) is 0.243. The summed E-state index contributed by atoms with van der Waals surface area (Å²) < 4.78 is 38.4. The maximum Gasteiger partial charge on any atom is 0.475 e. The Morgan fingerprint density at radius 1 is 0.877 bits per heavy atom. The number of para-hydroxylation sites is 1. The van der Waals surface area contributed by atoms with Gasteiger partial charge in [0, 0.05) is 24.1 Å². The SMILES string of the molecule is CCOP(=O)(OCC)OCc1ccc(OC(=O)c2ccccc2OC(=O)CCCC(=O)O)cc1.NC(=O)c1ccc(NCc2cnc3nc(N)[nH]c(=O)c3n2)cc1. The van der Waals surface area contributed by atoms with Gasteiger partial charge in [0.05, 0.1) is 38.3 Å². The molecule has 0 radical (unpaired) electrons. The van der Waals surface area contributed by atoms with Crippen molar-refractivity contribution in [2.24, 2.45) is 5.73 Å². The maximum atomic E-state index is 12.6. The molecule has 3 aromatic carbocycles. The average Bonchev–Trinajstić information content (AvgIpc) is 3.17. The molecular formula is C37H40N7O12P. The predicted molar refractivity (Wildman–Crippen MR) is 205 cm³/mol. The molecule has 2 aromatic heterocycles. The Hall–Kier alpha value is -6.53. The van der Waals surface area contributed by atoms with E-state index >= 15 is 0 Å². The third-order valence-corrected chi connectivity index (χ3v) is 8.92. The topological polar surface area (TPSA) is 287 Å². The number of amides is 1. The highest BCUT2D eigenvalue weighted by Crippen LogP contribution is 2.49. The number of primary amides is 1. The van der Waals surface area contributed by atoms with Crippen molar-refractivity contribution in [2.75, 3.05) is 24.3 Å². The number of hydrogen-bond donors (Lipinski definition) is 5. The number of benzene rings is 3. The molecule has 0 bridgehead atoms. The van der Waals surface area contributed by atoms with Gasteiger partial charge >= 0.3 is 25.7 Å². The van der Waals surface area contributed by atoms with Crippen LogP contribution in [-0.4, -0.2) is 62.1 Å². The van der Waals surface area contributed by atoms with E-state index in [0.29, 0.717) is 23.4 Å². The van der Waals surface area contributed by atoms with Crippen LogP contribution in [0, 0.1) is 0 Å². The molecule has 0 aliphatic heterocycles. The van der Waals surface area contributed by atoms with E-state index in [0.717, 1.165) is 5.69 Å². The Kier molecular flexibility index (Phi) is 15.9. The van der Waals surface area contributed by atoms with Crippen molar-refractivity contribution in [1.29, 1.82) is 0 Å². The number of H-pyrrole nitrogens is 1. The van der Waals surface area contributed by atoms with Gasteiger partial charge in [0.1, 0.15) is 17.1 Å². The normalized spacial score (nSPS) is 10.9. The average molecular weight is 806 g/mol. The molecule has 20 heteroatoms. The van der Waals surface area contributed by atoms with Crippen LogP contribution in [0.15, 0.2) is 83.8 Å². The van der Waals surface area contributed by atoms with Crippen LogP contribution < -0.4 is 31.8 Å². The highest BCUT2D eigenvalue weighted by Gasteiger charge is 2.25. The van der Waals surface area contributed by atoms with Crippen LogP contribution in [-0.2, 0) is 40.9 Å². The smallest absolute Gasteiger partial charge is 0.475 e. The molecule has 19 nitrogen and oxygen atoms in total. The third-order valence-electron chi connectivity index (χ3n) is 7.33. The first-order valence-corrected chi connectivity index (χ1v) is 18.8. The first-order chi connectivity index (χ1) is 27.3. The zero-order valence-electron chi connectivity index (χ0n) is 30.8. The number of fused-ring (bicyclic) bond motifs is 1. The second kappa shape index (κ2) is 21.0. The molecule has 2 heterocycles. The van der Waals surface area contributed by atoms with E-state index in [-0.39, 0.29) is 73.3 Å². The number of nitrogen functional groups attached to an aromatic ring is 1. The molecule has 0 saturated heterocycles. The zero-order chi connectivity index (χ0) is 41.4. The number of carboxylic acid groups (broad SMARTS) is 1. The fourth-order valence-electron chi connectivity index (χ4n) is 4.68. The number of hydrogen-bond acceptors (Lipinski definition) is 16. The monoisotopic (exact) mass is 805 g/mol. The van der Waals surface area contributed by atoms with Crippen LogP contribution in [0.4, 0.5) is 11.6 Å². The minimum Gasteiger partial charge on any atom is -0.481 e. The van der Waals surface area contributed by atoms with Crippen LogP contribution in [0.3, 0.4) is 0 Å². The molecular weight excluding hydrogens is 765 g/mol. The van der Waals surface area contributed by atoms with Crippen LogP contribution in [0.2, 0.25) is 0 Å². The quantitative estimate of drug-likeness (QED) is 0.0453. The molecule has 0 aliphatic carbocycles. The van der Waals surface area contributed by atoms with Gasteiger partial charge in [-0.05, 0) is 74.4 Å². The number of nitrogens with one attached hydrogen (secondary N) is 2. The summed E-state index contributed by atoms with van der Waals surface area (Å²) in [4.78, 5) is 72.5. The van der Waals surface area contributed by atoms with E-state index in [1.54, 1.807) is 62.4 Å². The molecule has 300 valence electrons. The number of carbonyl (C=O) groups is 4. The summed E-state index contributed by atoms with van der Waals surface area (Å²) in [5.41, 5.74) is 13.0. The number of aromatic amines is 1. The van der Waals surface area contributed by atoms with Crippen molar-refractivity contribution in [3.05, 3.63) is 112 Å². The fourth-order valence-corrected chi connectivity index (χ4v) is 5.84. The first kappa shape index (κ1) is 43.2. The van der Waals surface area contributed by atoms with E-state index in [2.05, 4.69) is 25.3 Å². The number of aromatic nitrogens is 4. The Bertz CT molecular complexity index is 2280. The van der Waals surface area contributed by atoms with Gasteiger partial charge in [-0.25, -0.2) is 19.3 Å². The van der Waals surface area contributed by atoms with Crippen molar-refractivity contribution < 1.29 is 51.9 Å². The summed E-state index contributed by atoms with van der Waals surface area (Å²) in [6.45, 7) is 4.01. The van der Waals surface area contributed by atoms with Crippen molar-refractivity contribution in [2.45, 2.75) is 46.3 Å². The molecule has 0 saturated carbocycles. The van der Waals surface area contributed by atoms with Crippen molar-refractivity contribution in [3.8, 4) is 11.5 Å². The summed E-state index contributed by atoms with van der Waals surface area (Å²) in [7, 11) is -3.64. The van der Waals surface area contributed by atoms with Gasteiger partial charge in [-0.2, -0.15) is 4.98 Å². The number of carbonyl (C=O) groups excluding carboxylic acids is 3. The number of ether oxygens (including phenoxy) is 2. The minimum absolute atomic E-state index is 0.00258. The van der Waals surface area contributed by atoms with Crippen molar-refractivity contribution in [1.82, 2.24) is 19.9 Å². The Morgan fingerprint density at radius 3 is 2.21 bits per heavy atom. The molecule has 5 rings (SSSR count). The number of nitrogens with zero attached hydrogens (tertiary/aromatic N) is 3. The van der Waals surface area contributed by atoms with E-state index in [1.165, 1.54) is 30.5 Å². The molecule has 57 heavy (non-hydrogen) atoms. The second-order valence-corrected chi connectivity index (χ2v) is 13.3. The highest BCUT2D eigenvalue weighted by molar-refractivity contribution is 7.48. The Morgan fingerprint density at radius 2 is 1.56 bits per heavy atom. The minimum atomic E-state index is -3.64. The van der Waals surface area contributed by atoms with Gasteiger partial charge in [-0.1, -0.05) is 24.3 Å². The molecule has 0 aliphatic rings. The van der Waals surface area contributed by atoms with Crippen LogP contribution >= 0.6 is 7.82 Å². The lowest BCUT2D eigenvalue weighted by Gasteiger charge is -2.16. The number of carboxylic acids is 1. The molecule has 7 N–H and O–H groups in total. The van der Waals surface area contributed by atoms with Crippen molar-refractivity contribution in [3.63, 3.8) is 0 Å². The van der Waals surface area contributed by atoms with Gasteiger partial charge < -0.3 is 31.4 Å². The Balaban J connectivity index is 0.000000271. The number of phosphoric acid groups is 1. The summed E-state index contributed by atoms with van der Waals surface area (Å²) in [5, 5.41) is 11.8. The molecule has 0 fully saturated rings. The van der Waals surface area contributed by atoms with E-state index in [1.807, 2.05) is 0 Å². The van der Waals surface area contributed by atoms with E-state index < -0.39 is 37.2 Å². The maximum absolute atomic E-state index is 12.6. The zero-order valence-corrected chi connectivity index (χ0v) is 31.7. The number of phosphoric ester groups is 1. The standard InChI is InChI=1S/C23H27O10P.C14H13N7O2/c1-3-29-34(28,30-4-2)31-16-17-12-14-18(15-13-17)32-23(27)19-8-5-6-9-20(19)33-22(26)11-7-10-21(24)25;15-11(22)7-1-3-8(4-2-7)17-5-9-6-18-12-10(19-9)13(23)21-14(16)20-12/h5-6,8-9,12-15H,3-4,7,10-11,16H2,1-2H3,(H,24,25);1-4,6,17H,5H2,(H2,15,22)(H3,16,18,20,21,23). The number of anilines is 2.